The SMILES string of the molecule is CCOc1cc(/C(O)=C2/C(=O)Nc3cc(Cl)c(-c4ccc(-c5cccc(OC)c5O)cc4)cc32)on1. The van der Waals surface area contributed by atoms with Crippen LogP contribution >= 0.6 is 11.6 Å². The molecule has 0 atom stereocenters. The number of rotatable bonds is 6. The number of aromatic hydroxyl groups is 1. The molecule has 2 heterocycles. The molecule has 0 saturated heterocycles. The van der Waals surface area contributed by atoms with Crippen LogP contribution in [0.3, 0.4) is 0 Å². The summed E-state index contributed by atoms with van der Waals surface area (Å²) >= 11 is 6.56. The van der Waals surface area contributed by atoms with Crippen LogP contribution in [0.2, 0.25) is 5.02 Å². The van der Waals surface area contributed by atoms with Gasteiger partial charge >= 0.3 is 0 Å². The highest BCUT2D eigenvalue weighted by molar-refractivity contribution is 6.38. The van der Waals surface area contributed by atoms with Crippen LogP contribution in [0.25, 0.3) is 33.6 Å². The van der Waals surface area contributed by atoms with Crippen molar-refractivity contribution in [3.8, 4) is 39.6 Å². The van der Waals surface area contributed by atoms with Gasteiger partial charge in [0.05, 0.1) is 36.1 Å². The van der Waals surface area contributed by atoms with Gasteiger partial charge in [-0.25, -0.2) is 0 Å². The van der Waals surface area contributed by atoms with Crippen LogP contribution in [-0.2, 0) is 4.79 Å². The lowest BCUT2D eigenvalue weighted by Crippen LogP contribution is -2.05. The monoisotopic (exact) mass is 504 g/mol. The minimum atomic E-state index is -0.492. The molecule has 0 radical (unpaired) electrons. The molecular weight excluding hydrogens is 484 g/mol. The van der Waals surface area contributed by atoms with Gasteiger partial charge in [-0.3, -0.25) is 4.79 Å². The molecule has 0 saturated carbocycles. The maximum Gasteiger partial charge on any atom is 0.260 e. The van der Waals surface area contributed by atoms with Crippen LogP contribution in [0.5, 0.6) is 17.4 Å². The van der Waals surface area contributed by atoms with Crippen LogP contribution in [0.1, 0.15) is 18.2 Å². The molecule has 0 spiro atoms. The van der Waals surface area contributed by atoms with Gasteiger partial charge in [-0.1, -0.05) is 48.0 Å². The lowest BCUT2D eigenvalue weighted by atomic mass is 9.96. The van der Waals surface area contributed by atoms with Gasteiger partial charge in [-0.2, -0.15) is 0 Å². The molecule has 1 aliphatic rings. The van der Waals surface area contributed by atoms with Crippen molar-refractivity contribution in [3.05, 3.63) is 77.0 Å². The number of aliphatic hydroxyl groups excluding tert-OH is 1. The summed E-state index contributed by atoms with van der Waals surface area (Å²) in [5.74, 6) is -0.198. The topological polar surface area (TPSA) is 114 Å². The molecule has 36 heavy (non-hydrogen) atoms. The maximum absolute atomic E-state index is 12.7. The largest absolute Gasteiger partial charge is 0.504 e. The molecule has 1 amide bonds. The second-order valence-corrected chi connectivity index (χ2v) is 8.36. The van der Waals surface area contributed by atoms with Crippen LogP contribution < -0.4 is 14.8 Å². The van der Waals surface area contributed by atoms with Crippen molar-refractivity contribution in [2.45, 2.75) is 6.92 Å². The molecule has 3 aromatic carbocycles. The predicted octanol–water partition coefficient (Wildman–Crippen LogP) is 6.15. The van der Waals surface area contributed by atoms with E-state index in [4.69, 9.17) is 25.6 Å². The fourth-order valence-electron chi connectivity index (χ4n) is 4.11. The van der Waals surface area contributed by atoms with Crippen molar-refractivity contribution in [3.63, 3.8) is 0 Å². The molecule has 1 aliphatic heterocycles. The number of carbonyl (C=O) groups is 1. The molecule has 9 heteroatoms. The zero-order chi connectivity index (χ0) is 25.4. The van der Waals surface area contributed by atoms with Gasteiger partial charge < -0.3 is 29.5 Å². The van der Waals surface area contributed by atoms with E-state index in [1.807, 2.05) is 24.3 Å². The number of ether oxygens (including phenoxy) is 2. The zero-order valence-corrected chi connectivity index (χ0v) is 20.1. The van der Waals surface area contributed by atoms with Crippen molar-refractivity contribution >= 4 is 34.5 Å². The van der Waals surface area contributed by atoms with E-state index < -0.39 is 5.91 Å². The number of para-hydroxylation sites is 1. The summed E-state index contributed by atoms with van der Waals surface area (Å²) in [5.41, 5.74) is 3.84. The van der Waals surface area contributed by atoms with Gasteiger partial charge in [0.15, 0.2) is 17.3 Å². The lowest BCUT2D eigenvalue weighted by Gasteiger charge is -2.11. The van der Waals surface area contributed by atoms with Crippen LogP contribution in [0.15, 0.2) is 65.2 Å². The molecule has 1 aromatic heterocycles. The van der Waals surface area contributed by atoms with Gasteiger partial charge in [0.1, 0.15) is 0 Å². The Hall–Kier alpha value is -4.43. The number of aromatic nitrogens is 1. The Kier molecular flexibility index (Phi) is 6.03. The minimum absolute atomic E-state index is 0.00963. The molecule has 0 bridgehead atoms. The van der Waals surface area contributed by atoms with E-state index in [2.05, 4.69) is 10.5 Å². The number of nitrogens with one attached hydrogen (secondary N) is 1. The molecule has 182 valence electrons. The van der Waals surface area contributed by atoms with E-state index >= 15 is 0 Å². The number of hydrogen-bond donors (Lipinski definition) is 3. The average Bonchev–Trinajstić information content (AvgIpc) is 3.47. The lowest BCUT2D eigenvalue weighted by molar-refractivity contribution is -0.110. The van der Waals surface area contributed by atoms with E-state index in [9.17, 15) is 15.0 Å². The quantitative estimate of drug-likeness (QED) is 0.213. The summed E-state index contributed by atoms with van der Waals surface area (Å²) in [6.07, 6.45) is 0. The Bertz CT molecular complexity index is 1510. The van der Waals surface area contributed by atoms with Crippen molar-refractivity contribution < 1.29 is 29.0 Å². The number of hydrogen-bond acceptors (Lipinski definition) is 7. The molecule has 3 N–H and O–H groups in total. The van der Waals surface area contributed by atoms with E-state index in [0.717, 1.165) is 11.1 Å². The molecule has 0 unspecified atom stereocenters. The molecule has 4 aromatic rings. The van der Waals surface area contributed by atoms with Gasteiger partial charge in [0.2, 0.25) is 5.76 Å². The van der Waals surface area contributed by atoms with E-state index in [-0.39, 0.29) is 28.7 Å². The number of benzene rings is 3. The fraction of sp³-hybridized carbons (Fsp3) is 0.111. The standard InChI is InChI=1S/C27H21ClN2O6/c1-3-35-23-13-22(36-30-23)26(32)24-18-11-17(19(28)12-20(18)29-27(24)33)15-9-7-14(8-10-15)16-5-4-6-21(34-2)25(16)31/h4-13,31-32H,3H2,1-2H3,(H,29,33)/b26-24-. The Morgan fingerprint density at radius 2 is 1.78 bits per heavy atom. The van der Waals surface area contributed by atoms with E-state index in [0.29, 0.717) is 39.8 Å². The minimum Gasteiger partial charge on any atom is -0.504 e. The second-order valence-electron chi connectivity index (χ2n) is 7.95. The second kappa shape index (κ2) is 9.31. The summed E-state index contributed by atoms with van der Waals surface area (Å²) in [4.78, 5) is 12.7. The highest BCUT2D eigenvalue weighted by atomic mass is 35.5. The third-order valence-electron chi connectivity index (χ3n) is 5.83. The zero-order valence-electron chi connectivity index (χ0n) is 19.3. The van der Waals surface area contributed by atoms with Crippen molar-refractivity contribution in [2.24, 2.45) is 0 Å². The average molecular weight is 505 g/mol. The maximum atomic E-state index is 12.7. The summed E-state index contributed by atoms with van der Waals surface area (Å²) < 4.78 is 15.6. The fourth-order valence-corrected chi connectivity index (χ4v) is 4.38. The third kappa shape index (κ3) is 4.01. The Labute approximate surface area is 211 Å². The Morgan fingerprint density at radius 1 is 1.06 bits per heavy atom. The van der Waals surface area contributed by atoms with Crippen LogP contribution in [0.4, 0.5) is 5.69 Å². The Morgan fingerprint density at radius 3 is 2.47 bits per heavy atom. The number of amides is 1. The van der Waals surface area contributed by atoms with Gasteiger partial charge in [0, 0.05) is 16.7 Å². The molecule has 5 rings (SSSR count). The van der Waals surface area contributed by atoms with Crippen molar-refractivity contribution in [1.29, 1.82) is 0 Å². The van der Waals surface area contributed by atoms with Crippen molar-refractivity contribution in [1.82, 2.24) is 5.16 Å². The van der Waals surface area contributed by atoms with Gasteiger partial charge in [-0.15, -0.1) is 0 Å². The number of fused-ring (bicyclic) bond motifs is 1. The number of carbonyl (C=O) groups excluding carboxylic acids is 1. The van der Waals surface area contributed by atoms with E-state index in [1.54, 1.807) is 37.3 Å². The Balaban J connectivity index is 1.54. The molecular formula is C27H21ClN2O6. The number of phenols is 1. The number of phenolic OH excluding ortho intramolecular Hbond substituents is 1. The summed E-state index contributed by atoms with van der Waals surface area (Å²) in [7, 11) is 1.50. The van der Waals surface area contributed by atoms with Gasteiger partial charge in [0.25, 0.3) is 11.8 Å². The molecule has 0 aliphatic carbocycles. The highest BCUT2D eigenvalue weighted by Gasteiger charge is 2.31. The number of anilines is 1. The van der Waals surface area contributed by atoms with Crippen molar-refractivity contribution in [2.75, 3.05) is 19.0 Å². The third-order valence-corrected chi connectivity index (χ3v) is 6.14. The molecule has 0 fully saturated rings. The first-order chi connectivity index (χ1) is 17.4. The number of aliphatic hydroxyl groups is 1. The highest BCUT2D eigenvalue weighted by Crippen LogP contribution is 2.43. The number of methoxy groups -OCH3 is 1. The first kappa shape index (κ1) is 23.3. The van der Waals surface area contributed by atoms with Crippen LogP contribution in [0, 0.1) is 0 Å². The first-order valence-electron chi connectivity index (χ1n) is 11.1. The summed E-state index contributed by atoms with van der Waals surface area (Å²) in [5, 5.41) is 28.2. The summed E-state index contributed by atoms with van der Waals surface area (Å²) in [6.45, 7) is 2.18. The first-order valence-corrected chi connectivity index (χ1v) is 11.4. The smallest absolute Gasteiger partial charge is 0.260 e. The normalized spacial score (nSPS) is 13.8. The number of halogens is 1. The summed E-state index contributed by atoms with van der Waals surface area (Å²) in [6, 6.07) is 17.5. The predicted molar refractivity (Wildman–Crippen MR) is 136 cm³/mol. The van der Waals surface area contributed by atoms with Crippen LogP contribution in [-0.4, -0.2) is 35.0 Å². The van der Waals surface area contributed by atoms with E-state index in [1.165, 1.54) is 13.2 Å². The van der Waals surface area contributed by atoms with Gasteiger partial charge in [-0.05, 0) is 41.4 Å². The molecule has 8 nitrogen and oxygen atoms in total. The number of nitrogens with zero attached hydrogens (tertiary/aromatic N) is 1.